The lowest BCUT2D eigenvalue weighted by atomic mass is 9.89. The van der Waals surface area contributed by atoms with Gasteiger partial charge in [-0.3, -0.25) is 19.2 Å². The zero-order valence-corrected chi connectivity index (χ0v) is 23.6. The molecule has 2 fully saturated rings. The number of ether oxygens (including phenoxy) is 5. The largest absolute Gasteiger partial charge is 0.463 e. The highest BCUT2D eigenvalue weighted by Crippen LogP contribution is 2.37. The first-order valence-electron chi connectivity index (χ1n) is 12.8. The van der Waals surface area contributed by atoms with Crippen LogP contribution in [0.3, 0.4) is 0 Å². The Bertz CT molecular complexity index is 911. The molecule has 1 N–H and O–H groups in total. The van der Waals surface area contributed by atoms with Crippen LogP contribution in [0.25, 0.3) is 0 Å². The molecule has 222 valence electrons. The van der Waals surface area contributed by atoms with E-state index in [9.17, 15) is 29.1 Å². The number of hydrogen-bond donors (Lipinski definition) is 1. The summed E-state index contributed by atoms with van der Waals surface area (Å²) in [7, 11) is 0. The topological polar surface area (TPSA) is 167 Å². The fourth-order valence-electron chi connectivity index (χ4n) is 4.18. The van der Waals surface area contributed by atoms with E-state index < -0.39 is 66.1 Å². The van der Waals surface area contributed by atoms with Crippen LogP contribution in [0.5, 0.6) is 0 Å². The molecule has 0 aromatic rings. The third kappa shape index (κ3) is 9.71. The molecule has 2 rings (SSSR count). The predicted octanol–water partition coefficient (Wildman–Crippen LogP) is -0.0560. The number of piperazine rings is 1. The Morgan fingerprint density at radius 3 is 1.87 bits per heavy atom. The third-order valence-corrected chi connectivity index (χ3v) is 6.08. The monoisotopic (exact) mass is 560 g/mol. The van der Waals surface area contributed by atoms with E-state index >= 15 is 0 Å². The molecule has 0 bridgehead atoms. The van der Waals surface area contributed by atoms with E-state index in [4.69, 9.17) is 28.5 Å². The van der Waals surface area contributed by atoms with Gasteiger partial charge in [-0.25, -0.2) is 4.79 Å². The maximum Gasteiger partial charge on any atom is 0.330 e. The number of hydrogen-bond acceptors (Lipinski definition) is 14. The fraction of sp³-hybridized carbons (Fsp3) is 0.800. The summed E-state index contributed by atoms with van der Waals surface area (Å²) in [4.78, 5) is 66.9. The quantitative estimate of drug-likeness (QED) is 0.294. The van der Waals surface area contributed by atoms with E-state index in [2.05, 4.69) is 0 Å². The molecule has 0 aromatic heterocycles. The number of aliphatic hydroxyl groups is 1. The van der Waals surface area contributed by atoms with Crippen molar-refractivity contribution < 1.29 is 57.6 Å². The van der Waals surface area contributed by atoms with Gasteiger partial charge in [-0.15, -0.1) is 5.06 Å². The second kappa shape index (κ2) is 13.5. The fourth-order valence-corrected chi connectivity index (χ4v) is 4.18. The van der Waals surface area contributed by atoms with Gasteiger partial charge >= 0.3 is 29.8 Å². The normalized spacial score (nSPS) is 28.2. The number of carbonyl (C=O) groups excluding carboxylic acids is 5. The SMILES string of the molecule is CC(=O)OC[C@H]1O[C@](O)(CCN2CCN(OC(=O)C(C)(C)C)CC2)[C@H](OC(C)=O)[C@@H](OC(C)=O)[C@@H]1OC(C)=O. The lowest BCUT2D eigenvalue weighted by molar-refractivity contribution is -0.354. The Morgan fingerprint density at radius 2 is 1.38 bits per heavy atom. The number of rotatable bonds is 9. The molecule has 39 heavy (non-hydrogen) atoms. The van der Waals surface area contributed by atoms with E-state index in [1.807, 2.05) is 4.90 Å². The van der Waals surface area contributed by atoms with Crippen molar-refractivity contribution >= 4 is 29.8 Å². The van der Waals surface area contributed by atoms with Crippen molar-refractivity contribution in [2.45, 2.75) is 85.1 Å². The standard InChI is InChI=1S/C25H40N2O12/c1-15(28)34-14-19-20(35-16(2)29)21(36-17(3)30)22(37-18(4)31)25(33,38-19)8-9-26-10-12-27(13-11-26)39-23(32)24(5,6)7/h19-22,33H,8-14H2,1-7H3/t19-,20-,21+,22-,25-/m1/s1. The molecule has 14 nitrogen and oxygen atoms in total. The number of hydroxylamine groups is 2. The van der Waals surface area contributed by atoms with Crippen LogP contribution in [0.2, 0.25) is 0 Å². The zero-order chi connectivity index (χ0) is 29.5. The van der Waals surface area contributed by atoms with Gasteiger partial charge in [-0.05, 0) is 20.8 Å². The second-order valence-corrected chi connectivity index (χ2v) is 10.6. The lowest BCUT2D eigenvalue weighted by Gasteiger charge is -2.49. The summed E-state index contributed by atoms with van der Waals surface area (Å²) in [5.74, 6) is -5.55. The van der Waals surface area contributed by atoms with E-state index in [0.717, 1.165) is 20.8 Å². The molecule has 0 saturated carbocycles. The van der Waals surface area contributed by atoms with E-state index in [0.29, 0.717) is 26.2 Å². The van der Waals surface area contributed by atoms with Gasteiger partial charge in [0.05, 0.1) is 5.41 Å². The van der Waals surface area contributed by atoms with E-state index in [-0.39, 0.29) is 18.9 Å². The maximum absolute atomic E-state index is 12.2. The molecule has 14 heteroatoms. The van der Waals surface area contributed by atoms with Crippen LogP contribution < -0.4 is 0 Å². The van der Waals surface area contributed by atoms with Crippen LogP contribution in [-0.2, 0) is 52.5 Å². The minimum atomic E-state index is -2.21. The molecule has 0 aliphatic carbocycles. The third-order valence-electron chi connectivity index (χ3n) is 6.08. The van der Waals surface area contributed by atoms with Gasteiger partial charge in [-0.1, -0.05) is 0 Å². The van der Waals surface area contributed by atoms with Gasteiger partial charge < -0.3 is 38.5 Å². The average Bonchev–Trinajstić information content (AvgIpc) is 2.80. The van der Waals surface area contributed by atoms with Crippen LogP contribution in [0.4, 0.5) is 0 Å². The van der Waals surface area contributed by atoms with E-state index in [1.54, 1.807) is 25.8 Å². The van der Waals surface area contributed by atoms with Crippen LogP contribution in [0.15, 0.2) is 0 Å². The molecule has 0 radical (unpaired) electrons. The Morgan fingerprint density at radius 1 is 0.846 bits per heavy atom. The number of esters is 4. The van der Waals surface area contributed by atoms with Gasteiger partial charge in [0.2, 0.25) is 5.79 Å². The average molecular weight is 561 g/mol. The summed E-state index contributed by atoms with van der Waals surface area (Å²) in [6.07, 6.45) is -5.73. The van der Waals surface area contributed by atoms with Gasteiger partial charge in [0.25, 0.3) is 0 Å². The van der Waals surface area contributed by atoms with Gasteiger partial charge in [0, 0.05) is 66.8 Å². The van der Waals surface area contributed by atoms with E-state index in [1.165, 1.54) is 6.92 Å². The summed E-state index contributed by atoms with van der Waals surface area (Å²) in [6.45, 7) is 11.4. The molecule has 0 spiro atoms. The van der Waals surface area contributed by atoms with Crippen LogP contribution in [0.1, 0.15) is 54.9 Å². The first-order chi connectivity index (χ1) is 18.0. The highest BCUT2D eigenvalue weighted by atomic mass is 16.7. The van der Waals surface area contributed by atoms with Crippen LogP contribution in [0, 0.1) is 5.41 Å². The van der Waals surface area contributed by atoms with Gasteiger partial charge in [0.1, 0.15) is 12.7 Å². The molecule has 5 atom stereocenters. The van der Waals surface area contributed by atoms with Crippen molar-refractivity contribution in [1.29, 1.82) is 0 Å². The Kier molecular flexibility index (Phi) is 11.2. The number of nitrogens with zero attached hydrogens (tertiary/aromatic N) is 2. The molecular formula is C25H40N2O12. The summed E-state index contributed by atoms with van der Waals surface area (Å²) < 4.78 is 27.0. The summed E-state index contributed by atoms with van der Waals surface area (Å²) >= 11 is 0. The van der Waals surface area contributed by atoms with Crippen molar-refractivity contribution in [2.75, 3.05) is 39.3 Å². The first kappa shape index (κ1) is 32.4. The predicted molar refractivity (Wildman–Crippen MR) is 131 cm³/mol. The highest BCUT2D eigenvalue weighted by Gasteiger charge is 2.59. The highest BCUT2D eigenvalue weighted by molar-refractivity contribution is 5.75. The lowest BCUT2D eigenvalue weighted by Crippen LogP contribution is -2.68. The smallest absolute Gasteiger partial charge is 0.330 e. The summed E-state index contributed by atoms with van der Waals surface area (Å²) in [6, 6.07) is 0. The first-order valence-corrected chi connectivity index (χ1v) is 12.8. The molecule has 0 amide bonds. The van der Waals surface area contributed by atoms with Gasteiger partial charge in [0.15, 0.2) is 18.3 Å². The Hall–Kier alpha value is -2.81. The zero-order valence-electron chi connectivity index (χ0n) is 23.6. The summed E-state index contributed by atoms with van der Waals surface area (Å²) in [5, 5.41) is 13.2. The van der Waals surface area contributed by atoms with Crippen molar-refractivity contribution in [3.63, 3.8) is 0 Å². The van der Waals surface area contributed by atoms with Crippen LogP contribution in [-0.4, -0.2) is 114 Å². The summed E-state index contributed by atoms with van der Waals surface area (Å²) in [5.41, 5.74) is -0.643. The molecular weight excluding hydrogens is 520 g/mol. The number of carbonyl (C=O) groups is 5. The minimum Gasteiger partial charge on any atom is -0.463 e. The van der Waals surface area contributed by atoms with Crippen molar-refractivity contribution in [3.05, 3.63) is 0 Å². The van der Waals surface area contributed by atoms with Crippen molar-refractivity contribution in [3.8, 4) is 0 Å². The Labute approximate surface area is 227 Å². The maximum atomic E-state index is 12.2. The second-order valence-electron chi connectivity index (χ2n) is 10.6. The molecule has 2 aliphatic heterocycles. The van der Waals surface area contributed by atoms with Crippen molar-refractivity contribution in [1.82, 2.24) is 9.96 Å². The van der Waals surface area contributed by atoms with Crippen molar-refractivity contribution in [2.24, 2.45) is 5.41 Å². The molecule has 2 saturated heterocycles. The molecule has 2 heterocycles. The molecule has 0 aromatic carbocycles. The van der Waals surface area contributed by atoms with Crippen LogP contribution >= 0.6 is 0 Å². The Balaban J connectivity index is 2.23. The molecule has 2 aliphatic rings. The minimum absolute atomic E-state index is 0.117. The molecule has 0 unspecified atom stereocenters. The van der Waals surface area contributed by atoms with Gasteiger partial charge in [-0.2, -0.15) is 0 Å².